The molecular weight excluding hydrogens is 158 g/mol. The number of hydrogen-bond acceptors (Lipinski definition) is 4. The first-order chi connectivity index (χ1) is 5.77. The normalized spacial score (nSPS) is 11.2. The lowest BCUT2D eigenvalue weighted by atomic mass is 10.1. The van der Waals surface area contributed by atoms with Crippen LogP contribution in [0.3, 0.4) is 0 Å². The van der Waals surface area contributed by atoms with Crippen molar-refractivity contribution in [3.63, 3.8) is 0 Å². The van der Waals surface area contributed by atoms with Gasteiger partial charge in [0.1, 0.15) is 11.5 Å². The van der Waals surface area contributed by atoms with E-state index in [2.05, 4.69) is 5.16 Å². The van der Waals surface area contributed by atoms with Gasteiger partial charge in [0.25, 0.3) is 0 Å². The Morgan fingerprint density at radius 1 is 1.33 bits per heavy atom. The van der Waals surface area contributed by atoms with Gasteiger partial charge in [0, 0.05) is 5.56 Å². The minimum absolute atomic E-state index is 0.0602. The Morgan fingerprint density at radius 2 is 1.92 bits per heavy atom. The van der Waals surface area contributed by atoms with Crippen molar-refractivity contribution < 1.29 is 15.1 Å². The van der Waals surface area contributed by atoms with E-state index in [1.165, 1.54) is 24.3 Å². The molecule has 0 aliphatic carbocycles. The highest BCUT2D eigenvalue weighted by molar-refractivity contribution is 6.36. The highest BCUT2D eigenvalue weighted by Gasteiger charge is 2.01. The number of carbonyl (C=O) groups excluding carboxylic acids is 1. The third-order valence-corrected chi connectivity index (χ3v) is 1.38. The maximum absolute atomic E-state index is 10.3. The summed E-state index contributed by atoms with van der Waals surface area (Å²) in [4.78, 5) is 10.3. The minimum atomic E-state index is -0.0602. The van der Waals surface area contributed by atoms with E-state index in [0.29, 0.717) is 11.8 Å². The number of aromatic hydroxyl groups is 1. The number of carbonyl (C=O) groups is 1. The van der Waals surface area contributed by atoms with Gasteiger partial charge < -0.3 is 10.3 Å². The quantitative estimate of drug-likeness (QED) is 0.294. The smallest absolute Gasteiger partial charge is 0.172 e. The van der Waals surface area contributed by atoms with Crippen molar-refractivity contribution in [2.45, 2.75) is 0 Å². The molecule has 1 aromatic carbocycles. The summed E-state index contributed by atoms with van der Waals surface area (Å²) in [5.41, 5.74) is 0.403. The molecule has 0 aromatic heterocycles. The number of benzene rings is 1. The Morgan fingerprint density at radius 3 is 2.33 bits per heavy atom. The maximum Gasteiger partial charge on any atom is 0.172 e. The first-order valence-electron chi connectivity index (χ1n) is 3.24. The summed E-state index contributed by atoms with van der Waals surface area (Å²) < 4.78 is 0. The SMILES string of the molecule is O=CC(=NO)c1ccc(O)cc1. The second-order valence-electron chi connectivity index (χ2n) is 2.15. The molecule has 0 fully saturated rings. The third-order valence-electron chi connectivity index (χ3n) is 1.38. The molecule has 62 valence electrons. The zero-order valence-electron chi connectivity index (χ0n) is 6.14. The van der Waals surface area contributed by atoms with Crippen LogP contribution in [0.2, 0.25) is 0 Å². The van der Waals surface area contributed by atoms with Crippen LogP contribution >= 0.6 is 0 Å². The molecular formula is C8H7NO3. The standard InChI is InChI=1S/C8H7NO3/c10-5-8(9-12)6-1-3-7(11)4-2-6/h1-5,11-12H. The van der Waals surface area contributed by atoms with Gasteiger partial charge in [-0.15, -0.1) is 0 Å². The molecule has 0 spiro atoms. The fraction of sp³-hybridized carbons (Fsp3) is 0. The lowest BCUT2D eigenvalue weighted by Gasteiger charge is -1.95. The first-order valence-corrected chi connectivity index (χ1v) is 3.24. The van der Waals surface area contributed by atoms with Crippen molar-refractivity contribution in [3.05, 3.63) is 29.8 Å². The maximum atomic E-state index is 10.3. The van der Waals surface area contributed by atoms with E-state index in [0.717, 1.165) is 0 Å². The molecule has 0 bridgehead atoms. The van der Waals surface area contributed by atoms with Gasteiger partial charge in [-0.25, -0.2) is 0 Å². The highest BCUT2D eigenvalue weighted by Crippen LogP contribution is 2.09. The number of rotatable bonds is 2. The van der Waals surface area contributed by atoms with Gasteiger partial charge in [-0.2, -0.15) is 0 Å². The van der Waals surface area contributed by atoms with Gasteiger partial charge in [-0.1, -0.05) is 5.16 Å². The topological polar surface area (TPSA) is 69.9 Å². The predicted molar refractivity (Wildman–Crippen MR) is 42.5 cm³/mol. The molecule has 0 radical (unpaired) electrons. The van der Waals surface area contributed by atoms with Crippen LogP contribution in [0.4, 0.5) is 0 Å². The first kappa shape index (κ1) is 8.26. The molecule has 0 unspecified atom stereocenters. The molecule has 0 amide bonds. The van der Waals surface area contributed by atoms with Crippen molar-refractivity contribution in [3.8, 4) is 5.75 Å². The van der Waals surface area contributed by atoms with Crippen LogP contribution in [0.15, 0.2) is 29.4 Å². The van der Waals surface area contributed by atoms with Crippen LogP contribution in [0.1, 0.15) is 5.56 Å². The van der Waals surface area contributed by atoms with Gasteiger partial charge in [0.05, 0.1) is 0 Å². The summed E-state index contributed by atoms with van der Waals surface area (Å²) in [5.74, 6) is 0.0990. The fourth-order valence-electron chi connectivity index (χ4n) is 0.782. The lowest BCUT2D eigenvalue weighted by Crippen LogP contribution is -2.01. The van der Waals surface area contributed by atoms with Crippen molar-refractivity contribution >= 4 is 12.0 Å². The van der Waals surface area contributed by atoms with Crippen LogP contribution < -0.4 is 0 Å². The van der Waals surface area contributed by atoms with Gasteiger partial charge in [0.2, 0.25) is 0 Å². The van der Waals surface area contributed by atoms with Gasteiger partial charge >= 0.3 is 0 Å². The molecule has 0 saturated carbocycles. The van der Waals surface area contributed by atoms with E-state index in [1.54, 1.807) is 0 Å². The molecule has 0 heterocycles. The van der Waals surface area contributed by atoms with E-state index in [1.807, 2.05) is 0 Å². The number of phenolic OH excluding ortho intramolecular Hbond substituents is 1. The summed E-state index contributed by atoms with van der Waals surface area (Å²) in [7, 11) is 0. The van der Waals surface area contributed by atoms with Crippen LogP contribution in [-0.2, 0) is 4.79 Å². The minimum Gasteiger partial charge on any atom is -0.508 e. The number of aldehydes is 1. The van der Waals surface area contributed by atoms with Gasteiger partial charge in [0.15, 0.2) is 6.29 Å². The Hall–Kier alpha value is -1.84. The molecule has 4 heteroatoms. The Bertz CT molecular complexity index is 303. The summed E-state index contributed by atoms with van der Waals surface area (Å²) >= 11 is 0. The second kappa shape index (κ2) is 3.52. The van der Waals surface area contributed by atoms with Crippen molar-refractivity contribution in [2.24, 2.45) is 5.16 Å². The molecule has 0 saturated heterocycles. The predicted octanol–water partition coefficient (Wildman–Crippen LogP) is 0.769. The average Bonchev–Trinajstić information content (AvgIpc) is 2.10. The van der Waals surface area contributed by atoms with Gasteiger partial charge in [-0.3, -0.25) is 4.79 Å². The number of nitrogens with zero attached hydrogens (tertiary/aromatic N) is 1. The summed E-state index contributed by atoms with van der Waals surface area (Å²) in [5, 5.41) is 20.0. The van der Waals surface area contributed by atoms with Crippen LogP contribution in [-0.4, -0.2) is 22.3 Å². The molecule has 0 aliphatic heterocycles. The third kappa shape index (κ3) is 1.60. The molecule has 12 heavy (non-hydrogen) atoms. The van der Waals surface area contributed by atoms with Crippen LogP contribution in [0, 0.1) is 0 Å². The monoisotopic (exact) mass is 165 g/mol. The number of phenols is 1. The molecule has 1 rings (SSSR count). The Labute approximate surface area is 68.8 Å². The summed E-state index contributed by atoms with van der Waals surface area (Å²) in [6, 6.07) is 5.78. The van der Waals surface area contributed by atoms with E-state index in [4.69, 9.17) is 10.3 Å². The summed E-state index contributed by atoms with van der Waals surface area (Å²) in [6.45, 7) is 0. The van der Waals surface area contributed by atoms with Crippen molar-refractivity contribution in [2.75, 3.05) is 0 Å². The molecule has 0 atom stereocenters. The zero-order valence-corrected chi connectivity index (χ0v) is 6.14. The van der Waals surface area contributed by atoms with Crippen LogP contribution in [0.5, 0.6) is 5.75 Å². The van der Waals surface area contributed by atoms with Crippen molar-refractivity contribution in [1.29, 1.82) is 0 Å². The Kier molecular flexibility index (Phi) is 2.42. The molecule has 2 N–H and O–H groups in total. The summed E-state index contributed by atoms with van der Waals surface area (Å²) in [6.07, 6.45) is 0.437. The molecule has 4 nitrogen and oxygen atoms in total. The van der Waals surface area contributed by atoms with Crippen LogP contribution in [0.25, 0.3) is 0 Å². The lowest BCUT2D eigenvalue weighted by molar-refractivity contribution is -0.102. The highest BCUT2D eigenvalue weighted by atomic mass is 16.4. The van der Waals surface area contributed by atoms with E-state index in [-0.39, 0.29) is 11.5 Å². The Balaban J connectivity index is 3.04. The van der Waals surface area contributed by atoms with Crippen molar-refractivity contribution in [1.82, 2.24) is 0 Å². The second-order valence-corrected chi connectivity index (χ2v) is 2.15. The van der Waals surface area contributed by atoms with E-state index < -0.39 is 0 Å². The molecule has 1 aromatic rings. The molecule has 0 aliphatic rings. The fourth-order valence-corrected chi connectivity index (χ4v) is 0.782. The van der Waals surface area contributed by atoms with E-state index >= 15 is 0 Å². The largest absolute Gasteiger partial charge is 0.508 e. The average molecular weight is 165 g/mol. The number of hydrogen-bond donors (Lipinski definition) is 2. The number of oxime groups is 1. The van der Waals surface area contributed by atoms with Gasteiger partial charge in [-0.05, 0) is 24.3 Å². The van der Waals surface area contributed by atoms with E-state index in [9.17, 15) is 4.79 Å². The zero-order chi connectivity index (χ0) is 8.97.